The van der Waals surface area contributed by atoms with Crippen LogP contribution in [0.1, 0.15) is 63.5 Å². The second kappa shape index (κ2) is 6.56. The summed E-state index contributed by atoms with van der Waals surface area (Å²) >= 11 is 0. The maximum Gasteiger partial charge on any atom is 0.124 e. The minimum absolute atomic E-state index is 0.702. The molecule has 2 aliphatic carbocycles. The Morgan fingerprint density at radius 3 is 2.63 bits per heavy atom. The molecule has 0 aliphatic heterocycles. The highest BCUT2D eigenvalue weighted by atomic mass is 16.5. The van der Waals surface area contributed by atoms with Gasteiger partial charge in [-0.25, -0.2) is 0 Å². The summed E-state index contributed by atoms with van der Waals surface area (Å²) in [6.07, 6.45) is 14.6. The molecule has 1 aromatic rings. The van der Waals surface area contributed by atoms with Crippen molar-refractivity contribution in [2.24, 2.45) is 11.8 Å². The fraction of sp³-hybridized carbons (Fsp3) is 0.812. The topological polar surface area (TPSA) is 38.1 Å². The zero-order valence-corrected chi connectivity index (χ0v) is 11.8. The smallest absolute Gasteiger partial charge is 0.124 e. The number of hydrogen-bond donors (Lipinski definition) is 1. The van der Waals surface area contributed by atoms with Crippen molar-refractivity contribution < 1.29 is 4.52 Å². The third kappa shape index (κ3) is 3.38. The monoisotopic (exact) mass is 262 g/mol. The van der Waals surface area contributed by atoms with Crippen LogP contribution in [0.4, 0.5) is 0 Å². The minimum atomic E-state index is 0.702. The number of nitrogens with one attached hydrogen (secondary N) is 1. The van der Waals surface area contributed by atoms with E-state index in [1.165, 1.54) is 57.8 Å². The molecule has 0 radical (unpaired) electrons. The first kappa shape index (κ1) is 13.2. The lowest BCUT2D eigenvalue weighted by atomic mass is 9.71. The maximum atomic E-state index is 4.91. The van der Waals surface area contributed by atoms with Crippen molar-refractivity contribution in [3.63, 3.8) is 0 Å². The van der Waals surface area contributed by atoms with E-state index in [0.717, 1.165) is 24.1 Å². The van der Waals surface area contributed by atoms with Crippen LogP contribution in [0.2, 0.25) is 0 Å². The van der Waals surface area contributed by atoms with E-state index in [1.807, 2.05) is 6.07 Å². The van der Waals surface area contributed by atoms with Gasteiger partial charge in [-0.1, -0.05) is 50.1 Å². The Morgan fingerprint density at radius 2 is 1.84 bits per heavy atom. The largest absolute Gasteiger partial charge is 0.364 e. The van der Waals surface area contributed by atoms with E-state index in [4.69, 9.17) is 4.52 Å². The van der Waals surface area contributed by atoms with Crippen LogP contribution in [-0.2, 0) is 6.54 Å². The van der Waals surface area contributed by atoms with Gasteiger partial charge < -0.3 is 9.84 Å². The summed E-state index contributed by atoms with van der Waals surface area (Å²) in [6, 6.07) is 2.67. The summed E-state index contributed by atoms with van der Waals surface area (Å²) in [5, 5.41) is 7.75. The predicted octanol–water partition coefficient (Wildman–Crippen LogP) is 3.90. The molecule has 0 spiro atoms. The first-order chi connectivity index (χ1) is 9.43. The third-order valence-electron chi connectivity index (χ3n) is 5.11. The van der Waals surface area contributed by atoms with Crippen LogP contribution < -0.4 is 5.32 Å². The van der Waals surface area contributed by atoms with E-state index < -0.39 is 0 Å². The summed E-state index contributed by atoms with van der Waals surface area (Å²) < 4.78 is 4.91. The molecule has 1 heterocycles. The van der Waals surface area contributed by atoms with E-state index in [1.54, 1.807) is 6.26 Å². The molecule has 2 fully saturated rings. The van der Waals surface area contributed by atoms with E-state index in [0.29, 0.717) is 6.04 Å². The number of nitrogens with zero attached hydrogens (tertiary/aromatic N) is 1. The van der Waals surface area contributed by atoms with Gasteiger partial charge in [0.05, 0.1) is 5.69 Å². The summed E-state index contributed by atoms with van der Waals surface area (Å²) in [4.78, 5) is 0. The fourth-order valence-electron chi connectivity index (χ4n) is 4.10. The van der Waals surface area contributed by atoms with Gasteiger partial charge in [-0.05, 0) is 24.7 Å². The fourth-order valence-corrected chi connectivity index (χ4v) is 4.10. The van der Waals surface area contributed by atoms with E-state index in [-0.39, 0.29) is 0 Å². The Hall–Kier alpha value is -0.830. The van der Waals surface area contributed by atoms with Gasteiger partial charge in [-0.2, -0.15) is 0 Å². The van der Waals surface area contributed by atoms with Crippen LogP contribution in [0, 0.1) is 11.8 Å². The average molecular weight is 262 g/mol. The van der Waals surface area contributed by atoms with Crippen molar-refractivity contribution in [3.05, 3.63) is 18.0 Å². The Labute approximate surface area is 116 Å². The molecule has 2 unspecified atom stereocenters. The lowest BCUT2D eigenvalue weighted by Crippen LogP contribution is -2.42. The molecular formula is C16H26N2O. The number of aromatic nitrogens is 1. The van der Waals surface area contributed by atoms with Crippen molar-refractivity contribution in [3.8, 4) is 0 Å². The molecule has 1 N–H and O–H groups in total. The van der Waals surface area contributed by atoms with Gasteiger partial charge in [-0.3, -0.25) is 0 Å². The van der Waals surface area contributed by atoms with Crippen LogP contribution >= 0.6 is 0 Å². The van der Waals surface area contributed by atoms with Crippen LogP contribution in [0.3, 0.4) is 0 Å². The third-order valence-corrected chi connectivity index (χ3v) is 5.11. The summed E-state index contributed by atoms with van der Waals surface area (Å²) in [6.45, 7) is 0.865. The SMILES string of the molecule is c1cc(CNC2CCCCC2C2CCCCC2)no1. The van der Waals surface area contributed by atoms with Crippen LogP contribution in [0.5, 0.6) is 0 Å². The average Bonchev–Trinajstić information content (AvgIpc) is 3.00. The molecule has 3 nitrogen and oxygen atoms in total. The van der Waals surface area contributed by atoms with Crippen LogP contribution in [-0.4, -0.2) is 11.2 Å². The standard InChI is InChI=1S/C16H26N2O/c1-2-6-13(7-3-1)15-8-4-5-9-16(15)17-12-14-10-11-19-18-14/h10-11,13,15-17H,1-9,12H2. The van der Waals surface area contributed by atoms with Crippen molar-refractivity contribution in [1.82, 2.24) is 10.5 Å². The second-order valence-corrected chi connectivity index (χ2v) is 6.32. The molecule has 0 aromatic carbocycles. The Kier molecular flexibility index (Phi) is 4.54. The molecule has 19 heavy (non-hydrogen) atoms. The molecule has 106 valence electrons. The molecule has 0 bridgehead atoms. The highest BCUT2D eigenvalue weighted by Crippen LogP contribution is 2.38. The maximum absolute atomic E-state index is 4.91. The Bertz CT molecular complexity index is 357. The zero-order valence-electron chi connectivity index (χ0n) is 11.8. The lowest BCUT2D eigenvalue weighted by molar-refractivity contribution is 0.148. The van der Waals surface area contributed by atoms with Gasteiger partial charge in [0, 0.05) is 18.7 Å². The van der Waals surface area contributed by atoms with E-state index in [9.17, 15) is 0 Å². The zero-order chi connectivity index (χ0) is 12.9. The molecule has 0 saturated heterocycles. The number of rotatable bonds is 4. The number of hydrogen-bond acceptors (Lipinski definition) is 3. The van der Waals surface area contributed by atoms with Crippen LogP contribution in [0.15, 0.2) is 16.9 Å². The van der Waals surface area contributed by atoms with E-state index in [2.05, 4.69) is 10.5 Å². The molecule has 0 amide bonds. The van der Waals surface area contributed by atoms with Gasteiger partial charge in [0.15, 0.2) is 0 Å². The molecule has 2 atom stereocenters. The quantitative estimate of drug-likeness (QED) is 0.894. The molecule has 3 rings (SSSR count). The first-order valence-electron chi connectivity index (χ1n) is 8.06. The second-order valence-electron chi connectivity index (χ2n) is 6.32. The van der Waals surface area contributed by atoms with Gasteiger partial charge >= 0.3 is 0 Å². The highest BCUT2D eigenvalue weighted by molar-refractivity contribution is 4.96. The van der Waals surface area contributed by atoms with Crippen LogP contribution in [0.25, 0.3) is 0 Å². The van der Waals surface area contributed by atoms with Crippen molar-refractivity contribution in [2.45, 2.75) is 70.4 Å². The highest BCUT2D eigenvalue weighted by Gasteiger charge is 2.32. The summed E-state index contributed by atoms with van der Waals surface area (Å²) in [7, 11) is 0. The van der Waals surface area contributed by atoms with Gasteiger partial charge in [0.25, 0.3) is 0 Å². The molecule has 2 aliphatic rings. The van der Waals surface area contributed by atoms with E-state index >= 15 is 0 Å². The van der Waals surface area contributed by atoms with Gasteiger partial charge in [0.1, 0.15) is 6.26 Å². The molecule has 3 heteroatoms. The van der Waals surface area contributed by atoms with Gasteiger partial charge in [0.2, 0.25) is 0 Å². The van der Waals surface area contributed by atoms with Crippen molar-refractivity contribution in [1.29, 1.82) is 0 Å². The molecular weight excluding hydrogens is 236 g/mol. The lowest BCUT2D eigenvalue weighted by Gasteiger charge is -2.39. The van der Waals surface area contributed by atoms with Gasteiger partial charge in [-0.15, -0.1) is 0 Å². The van der Waals surface area contributed by atoms with Crippen molar-refractivity contribution >= 4 is 0 Å². The minimum Gasteiger partial charge on any atom is -0.364 e. The normalized spacial score (nSPS) is 29.5. The Morgan fingerprint density at radius 1 is 1.05 bits per heavy atom. The predicted molar refractivity (Wildman–Crippen MR) is 75.7 cm³/mol. The Balaban J connectivity index is 1.56. The molecule has 1 aromatic heterocycles. The van der Waals surface area contributed by atoms with Crippen molar-refractivity contribution in [2.75, 3.05) is 0 Å². The molecule has 2 saturated carbocycles. The first-order valence-corrected chi connectivity index (χ1v) is 8.06. The summed E-state index contributed by atoms with van der Waals surface area (Å²) in [5.41, 5.74) is 1.04. The summed E-state index contributed by atoms with van der Waals surface area (Å²) in [5.74, 6) is 1.88.